The lowest BCUT2D eigenvalue weighted by atomic mass is 10.1. The van der Waals surface area contributed by atoms with E-state index in [1.165, 1.54) is 24.3 Å². The van der Waals surface area contributed by atoms with E-state index < -0.39 is 36.8 Å². The van der Waals surface area contributed by atoms with Gasteiger partial charge in [-0.3, -0.25) is 4.79 Å². The second-order valence-electron chi connectivity index (χ2n) is 4.08. The first-order valence-electron chi connectivity index (χ1n) is 5.50. The topological polar surface area (TPSA) is 111 Å². The fourth-order valence-corrected chi connectivity index (χ4v) is 2.07. The predicted molar refractivity (Wildman–Crippen MR) is 57.7 cm³/mol. The minimum atomic E-state index is -1.27. The van der Waals surface area contributed by atoms with Crippen LogP contribution in [0.5, 0.6) is 0 Å². The normalized spacial score (nSPS) is 40.1. The number of amides is 1. The molecule has 0 aromatic rings. The number of carbonyl (C=O) groups is 1. The summed E-state index contributed by atoms with van der Waals surface area (Å²) in [5.74, 6) is -0.426. The van der Waals surface area contributed by atoms with Crippen molar-refractivity contribution in [2.24, 2.45) is 0 Å². The van der Waals surface area contributed by atoms with Crippen molar-refractivity contribution in [2.75, 3.05) is 13.7 Å². The van der Waals surface area contributed by atoms with Crippen LogP contribution in [0, 0.1) is 0 Å². The summed E-state index contributed by atoms with van der Waals surface area (Å²) in [4.78, 5) is 12.3. The molecule has 18 heavy (non-hydrogen) atoms. The van der Waals surface area contributed by atoms with Crippen LogP contribution in [0.15, 0.2) is 12.3 Å². The van der Waals surface area contributed by atoms with Crippen LogP contribution in [0.1, 0.15) is 0 Å². The number of hydrogen-bond donors (Lipinski definition) is 4. The zero-order valence-corrected chi connectivity index (χ0v) is 9.76. The Bertz CT molecular complexity index is 349. The number of nitrogens with one attached hydrogen (secondary N) is 1. The number of nitrogens with zero attached hydrogens (tertiary/aromatic N) is 1. The SMILES string of the molecule is COC1C(O)[C@@H](CO)OC1N1C=CC(=O)NC1O. The fraction of sp³-hybridized carbons (Fsp3) is 0.700. The molecule has 1 fully saturated rings. The van der Waals surface area contributed by atoms with Crippen molar-refractivity contribution in [1.29, 1.82) is 0 Å². The van der Waals surface area contributed by atoms with Crippen LogP contribution < -0.4 is 5.32 Å². The molecule has 0 aliphatic carbocycles. The highest BCUT2D eigenvalue weighted by Gasteiger charge is 2.47. The van der Waals surface area contributed by atoms with Crippen LogP contribution in [0.3, 0.4) is 0 Å². The Morgan fingerprint density at radius 3 is 2.83 bits per heavy atom. The maximum absolute atomic E-state index is 11.0. The minimum absolute atomic E-state index is 0.364. The molecular weight excluding hydrogens is 244 g/mol. The summed E-state index contributed by atoms with van der Waals surface area (Å²) >= 11 is 0. The zero-order valence-electron chi connectivity index (χ0n) is 9.76. The maximum Gasteiger partial charge on any atom is 0.248 e. The second kappa shape index (κ2) is 5.21. The summed E-state index contributed by atoms with van der Waals surface area (Å²) in [5, 5.41) is 30.9. The van der Waals surface area contributed by atoms with Gasteiger partial charge >= 0.3 is 0 Å². The molecule has 0 aromatic heterocycles. The molecule has 1 amide bonds. The highest BCUT2D eigenvalue weighted by atomic mass is 16.6. The summed E-state index contributed by atoms with van der Waals surface area (Å²) in [6.45, 7) is -0.364. The molecular formula is C10H16N2O6. The molecule has 2 aliphatic rings. The molecule has 5 atom stereocenters. The van der Waals surface area contributed by atoms with Gasteiger partial charge in [0, 0.05) is 19.4 Å². The lowest BCUT2D eigenvalue weighted by Crippen LogP contribution is -2.55. The lowest BCUT2D eigenvalue weighted by molar-refractivity contribution is -0.156. The Balaban J connectivity index is 2.17. The molecule has 1 saturated heterocycles. The van der Waals surface area contributed by atoms with Gasteiger partial charge in [0.25, 0.3) is 0 Å². The van der Waals surface area contributed by atoms with Crippen molar-refractivity contribution in [2.45, 2.75) is 30.9 Å². The smallest absolute Gasteiger partial charge is 0.248 e. The van der Waals surface area contributed by atoms with Crippen LogP contribution in [0.4, 0.5) is 0 Å². The maximum atomic E-state index is 11.0. The van der Waals surface area contributed by atoms with Crippen molar-refractivity contribution < 1.29 is 29.6 Å². The van der Waals surface area contributed by atoms with Crippen molar-refractivity contribution in [3.63, 3.8) is 0 Å². The highest BCUT2D eigenvalue weighted by molar-refractivity contribution is 5.88. The molecule has 2 aliphatic heterocycles. The molecule has 8 nitrogen and oxygen atoms in total. The van der Waals surface area contributed by atoms with Crippen LogP contribution in [0.25, 0.3) is 0 Å². The van der Waals surface area contributed by atoms with E-state index in [2.05, 4.69) is 5.32 Å². The average molecular weight is 260 g/mol. The van der Waals surface area contributed by atoms with Gasteiger partial charge in [-0.1, -0.05) is 0 Å². The monoisotopic (exact) mass is 260 g/mol. The first-order chi connectivity index (χ1) is 8.58. The Morgan fingerprint density at radius 2 is 2.28 bits per heavy atom. The van der Waals surface area contributed by atoms with Crippen LogP contribution in [0.2, 0.25) is 0 Å². The minimum Gasteiger partial charge on any atom is -0.394 e. The van der Waals surface area contributed by atoms with Gasteiger partial charge < -0.3 is 35.0 Å². The van der Waals surface area contributed by atoms with E-state index in [0.29, 0.717) is 0 Å². The van der Waals surface area contributed by atoms with E-state index in [1.54, 1.807) is 0 Å². The van der Waals surface area contributed by atoms with Gasteiger partial charge in [-0.2, -0.15) is 0 Å². The van der Waals surface area contributed by atoms with Gasteiger partial charge in [-0.25, -0.2) is 0 Å². The van der Waals surface area contributed by atoms with E-state index >= 15 is 0 Å². The van der Waals surface area contributed by atoms with Crippen LogP contribution >= 0.6 is 0 Å². The number of carbonyl (C=O) groups excluding carboxylic acids is 1. The fourth-order valence-electron chi connectivity index (χ4n) is 2.07. The van der Waals surface area contributed by atoms with Gasteiger partial charge in [-0.05, 0) is 0 Å². The van der Waals surface area contributed by atoms with Crippen molar-refractivity contribution in [3.05, 3.63) is 12.3 Å². The van der Waals surface area contributed by atoms with Crippen molar-refractivity contribution >= 4 is 5.91 Å². The summed E-state index contributed by atoms with van der Waals surface area (Å²) in [5.41, 5.74) is 0. The van der Waals surface area contributed by atoms with Crippen molar-refractivity contribution in [1.82, 2.24) is 10.2 Å². The van der Waals surface area contributed by atoms with Gasteiger partial charge in [-0.15, -0.1) is 0 Å². The summed E-state index contributed by atoms with van der Waals surface area (Å²) < 4.78 is 10.5. The predicted octanol–water partition coefficient (Wildman–Crippen LogP) is -2.70. The van der Waals surface area contributed by atoms with Gasteiger partial charge in [0.05, 0.1) is 6.61 Å². The Hall–Kier alpha value is -1.19. The molecule has 8 heteroatoms. The van der Waals surface area contributed by atoms with E-state index in [4.69, 9.17) is 14.6 Å². The standard InChI is InChI=1S/C10H16N2O6/c1-17-8-7(15)5(4-13)18-9(8)12-3-2-6(14)11-10(12)16/h2-3,5,7-10,13,15-16H,4H2,1H3,(H,11,14)/t5-,7?,8?,9?,10?/m1/s1. The molecule has 4 unspecified atom stereocenters. The number of aliphatic hydroxyl groups excluding tert-OH is 3. The van der Waals surface area contributed by atoms with Gasteiger partial charge in [0.15, 0.2) is 6.23 Å². The number of rotatable bonds is 3. The molecule has 2 rings (SSSR count). The summed E-state index contributed by atoms with van der Waals surface area (Å²) in [7, 11) is 1.39. The van der Waals surface area contributed by atoms with E-state index in [1.807, 2.05) is 0 Å². The second-order valence-corrected chi connectivity index (χ2v) is 4.08. The number of ether oxygens (including phenoxy) is 2. The Labute approximate surface area is 103 Å². The third kappa shape index (κ3) is 2.20. The molecule has 0 radical (unpaired) electrons. The Kier molecular flexibility index (Phi) is 3.83. The highest BCUT2D eigenvalue weighted by Crippen LogP contribution is 2.27. The van der Waals surface area contributed by atoms with Crippen molar-refractivity contribution in [3.8, 4) is 0 Å². The number of hydrogen-bond acceptors (Lipinski definition) is 7. The van der Waals surface area contributed by atoms with E-state index in [-0.39, 0.29) is 6.61 Å². The molecule has 0 bridgehead atoms. The third-order valence-electron chi connectivity index (χ3n) is 3.01. The van der Waals surface area contributed by atoms with Gasteiger partial charge in [0.1, 0.15) is 18.3 Å². The lowest BCUT2D eigenvalue weighted by Gasteiger charge is -2.36. The molecule has 4 N–H and O–H groups in total. The van der Waals surface area contributed by atoms with Gasteiger partial charge in [0.2, 0.25) is 12.3 Å². The third-order valence-corrected chi connectivity index (χ3v) is 3.01. The summed E-state index contributed by atoms with van der Waals surface area (Å²) in [6.07, 6.45) is -2.03. The average Bonchev–Trinajstić information content (AvgIpc) is 2.65. The zero-order chi connectivity index (χ0) is 13.3. The Morgan fingerprint density at radius 1 is 1.56 bits per heavy atom. The number of methoxy groups -OCH3 is 1. The van der Waals surface area contributed by atoms with E-state index in [0.717, 1.165) is 0 Å². The molecule has 102 valence electrons. The molecule has 0 aromatic carbocycles. The van der Waals surface area contributed by atoms with Crippen LogP contribution in [-0.4, -0.2) is 70.7 Å². The quantitative estimate of drug-likeness (QED) is 0.437. The number of aliphatic hydroxyl groups is 3. The summed E-state index contributed by atoms with van der Waals surface area (Å²) in [6, 6.07) is 0. The van der Waals surface area contributed by atoms with E-state index in [9.17, 15) is 15.0 Å². The molecule has 2 heterocycles. The molecule has 0 spiro atoms. The van der Waals surface area contributed by atoms with Crippen LogP contribution in [-0.2, 0) is 14.3 Å². The largest absolute Gasteiger partial charge is 0.394 e. The first kappa shape index (κ1) is 13.2. The first-order valence-corrected chi connectivity index (χ1v) is 5.50. The molecule has 0 saturated carbocycles.